The lowest BCUT2D eigenvalue weighted by Crippen LogP contribution is -2.35. The Bertz CT molecular complexity index is 836. The number of amides is 2. The number of hydrogen-bond donors (Lipinski definition) is 2. The highest BCUT2D eigenvalue weighted by atomic mass is 35.5. The fourth-order valence-corrected chi connectivity index (χ4v) is 2.75. The van der Waals surface area contributed by atoms with Gasteiger partial charge in [-0.3, -0.25) is 4.68 Å². The van der Waals surface area contributed by atoms with Gasteiger partial charge in [0.05, 0.1) is 23.3 Å². The molecule has 0 aliphatic carbocycles. The molecule has 3 aromatic rings. The van der Waals surface area contributed by atoms with Gasteiger partial charge in [0.1, 0.15) is 12.7 Å². The summed E-state index contributed by atoms with van der Waals surface area (Å²) in [6, 6.07) is 14.6. The highest BCUT2D eigenvalue weighted by Gasteiger charge is 2.16. The number of carbonyl (C=O) groups excluding carboxylic acids is 1. The molecule has 2 aromatic carbocycles. The molecular weight excluding hydrogens is 338 g/mol. The van der Waals surface area contributed by atoms with Gasteiger partial charge in [0.25, 0.3) is 0 Å². The molecule has 0 bridgehead atoms. The summed E-state index contributed by atoms with van der Waals surface area (Å²) in [5.74, 6) is 0. The fraction of sp³-hybridized carbons (Fsp3) is 0.167. The first-order valence-electron chi connectivity index (χ1n) is 7.83. The van der Waals surface area contributed by atoms with Crippen LogP contribution >= 0.6 is 11.6 Å². The van der Waals surface area contributed by atoms with E-state index in [2.05, 4.69) is 20.7 Å². The van der Waals surface area contributed by atoms with E-state index in [0.717, 1.165) is 11.1 Å². The minimum Gasteiger partial charge on any atom is -0.329 e. The van der Waals surface area contributed by atoms with Gasteiger partial charge in [-0.05, 0) is 30.2 Å². The van der Waals surface area contributed by atoms with Gasteiger partial charge in [-0.2, -0.15) is 5.10 Å². The monoisotopic (exact) mass is 355 g/mol. The number of urea groups is 1. The molecule has 0 aliphatic heterocycles. The van der Waals surface area contributed by atoms with Crippen LogP contribution in [0.15, 0.2) is 61.2 Å². The zero-order chi connectivity index (χ0) is 17.6. The van der Waals surface area contributed by atoms with E-state index in [1.54, 1.807) is 23.1 Å². The van der Waals surface area contributed by atoms with E-state index in [-0.39, 0.29) is 12.1 Å². The SMILES string of the molecule is Cc1ccc(NC(=O)NC(Cn2cncn2)c2ccccc2)c(Cl)c1. The van der Waals surface area contributed by atoms with E-state index >= 15 is 0 Å². The Morgan fingerprint density at radius 2 is 2.04 bits per heavy atom. The van der Waals surface area contributed by atoms with Crippen LogP contribution in [0, 0.1) is 6.92 Å². The third-order valence-electron chi connectivity index (χ3n) is 3.72. The average Bonchev–Trinajstić information content (AvgIpc) is 3.11. The number of hydrogen-bond acceptors (Lipinski definition) is 3. The van der Waals surface area contributed by atoms with Gasteiger partial charge >= 0.3 is 6.03 Å². The summed E-state index contributed by atoms with van der Waals surface area (Å²) in [7, 11) is 0. The van der Waals surface area contributed by atoms with Crippen molar-refractivity contribution in [1.82, 2.24) is 20.1 Å². The Labute approximate surface area is 150 Å². The second-order valence-corrected chi connectivity index (χ2v) is 6.07. The quantitative estimate of drug-likeness (QED) is 0.731. The normalized spacial score (nSPS) is 11.8. The van der Waals surface area contributed by atoms with Gasteiger partial charge in [-0.15, -0.1) is 0 Å². The molecule has 1 atom stereocenters. The molecule has 25 heavy (non-hydrogen) atoms. The number of benzene rings is 2. The van der Waals surface area contributed by atoms with Crippen molar-refractivity contribution in [1.29, 1.82) is 0 Å². The zero-order valence-corrected chi connectivity index (χ0v) is 14.4. The largest absolute Gasteiger partial charge is 0.329 e. The van der Waals surface area contributed by atoms with Crippen LogP contribution in [0.1, 0.15) is 17.2 Å². The first-order chi connectivity index (χ1) is 12.1. The van der Waals surface area contributed by atoms with Crippen molar-refractivity contribution in [3.8, 4) is 0 Å². The molecule has 0 radical (unpaired) electrons. The number of carbonyl (C=O) groups is 1. The number of anilines is 1. The van der Waals surface area contributed by atoms with Crippen molar-refractivity contribution >= 4 is 23.3 Å². The Balaban J connectivity index is 1.74. The van der Waals surface area contributed by atoms with Gasteiger partial charge in [0.15, 0.2) is 0 Å². The molecule has 1 aromatic heterocycles. The Kier molecular flexibility index (Phi) is 5.30. The third-order valence-corrected chi connectivity index (χ3v) is 4.03. The number of nitrogens with zero attached hydrogens (tertiary/aromatic N) is 3. The summed E-state index contributed by atoms with van der Waals surface area (Å²) >= 11 is 6.18. The molecule has 0 saturated carbocycles. The van der Waals surface area contributed by atoms with Gasteiger partial charge in [0.2, 0.25) is 0 Å². The number of rotatable bonds is 5. The minimum absolute atomic E-state index is 0.257. The lowest BCUT2D eigenvalue weighted by atomic mass is 10.1. The Hall–Kier alpha value is -2.86. The molecule has 128 valence electrons. The molecule has 3 rings (SSSR count). The molecule has 0 aliphatic rings. The van der Waals surface area contributed by atoms with Crippen LogP contribution < -0.4 is 10.6 Å². The minimum atomic E-state index is -0.334. The summed E-state index contributed by atoms with van der Waals surface area (Å²) in [5, 5.41) is 10.4. The molecular formula is C18H18ClN5O. The number of nitrogens with one attached hydrogen (secondary N) is 2. The maximum atomic E-state index is 12.4. The second-order valence-electron chi connectivity index (χ2n) is 5.66. The summed E-state index contributed by atoms with van der Waals surface area (Å²) in [4.78, 5) is 16.4. The third kappa shape index (κ3) is 4.58. The number of halogens is 1. The molecule has 7 heteroatoms. The summed E-state index contributed by atoms with van der Waals surface area (Å²) in [6.45, 7) is 2.42. The Morgan fingerprint density at radius 1 is 1.24 bits per heavy atom. The highest BCUT2D eigenvalue weighted by molar-refractivity contribution is 6.33. The smallest absolute Gasteiger partial charge is 0.319 e. The molecule has 2 N–H and O–H groups in total. The van der Waals surface area contributed by atoms with Crippen LogP contribution in [0.4, 0.5) is 10.5 Å². The van der Waals surface area contributed by atoms with Crippen molar-refractivity contribution in [3.63, 3.8) is 0 Å². The molecule has 1 unspecified atom stereocenters. The summed E-state index contributed by atoms with van der Waals surface area (Å²) in [5.41, 5.74) is 2.57. The van der Waals surface area contributed by atoms with Crippen molar-refractivity contribution < 1.29 is 4.79 Å². The molecule has 6 nitrogen and oxygen atoms in total. The van der Waals surface area contributed by atoms with E-state index in [0.29, 0.717) is 17.3 Å². The van der Waals surface area contributed by atoms with Crippen LogP contribution in [0.5, 0.6) is 0 Å². The Morgan fingerprint density at radius 3 is 2.72 bits per heavy atom. The second kappa shape index (κ2) is 7.81. The highest BCUT2D eigenvalue weighted by Crippen LogP contribution is 2.23. The van der Waals surface area contributed by atoms with Crippen LogP contribution in [-0.4, -0.2) is 20.8 Å². The van der Waals surface area contributed by atoms with Gasteiger partial charge in [-0.1, -0.05) is 48.0 Å². The van der Waals surface area contributed by atoms with E-state index < -0.39 is 0 Å². The lowest BCUT2D eigenvalue weighted by molar-refractivity contribution is 0.246. The topological polar surface area (TPSA) is 71.8 Å². The molecule has 2 amide bonds. The zero-order valence-electron chi connectivity index (χ0n) is 13.7. The van der Waals surface area contributed by atoms with Crippen LogP contribution in [-0.2, 0) is 6.54 Å². The lowest BCUT2D eigenvalue weighted by Gasteiger charge is -2.20. The predicted octanol–water partition coefficient (Wildman–Crippen LogP) is 3.80. The van der Waals surface area contributed by atoms with E-state index in [1.807, 2.05) is 43.3 Å². The molecule has 0 fully saturated rings. The maximum absolute atomic E-state index is 12.4. The van der Waals surface area contributed by atoms with Gasteiger partial charge in [0, 0.05) is 0 Å². The number of aromatic nitrogens is 3. The van der Waals surface area contributed by atoms with Crippen molar-refractivity contribution in [2.24, 2.45) is 0 Å². The van der Waals surface area contributed by atoms with Crippen LogP contribution in [0.25, 0.3) is 0 Å². The number of aryl methyl sites for hydroxylation is 1. The van der Waals surface area contributed by atoms with E-state index in [4.69, 9.17) is 11.6 Å². The molecule has 1 heterocycles. The van der Waals surface area contributed by atoms with E-state index in [1.165, 1.54) is 6.33 Å². The van der Waals surface area contributed by atoms with E-state index in [9.17, 15) is 4.79 Å². The first kappa shape index (κ1) is 17.0. The average molecular weight is 356 g/mol. The molecule has 0 spiro atoms. The van der Waals surface area contributed by atoms with Crippen molar-refractivity contribution in [3.05, 3.63) is 77.3 Å². The summed E-state index contributed by atoms with van der Waals surface area (Å²) < 4.78 is 1.68. The van der Waals surface area contributed by atoms with Gasteiger partial charge in [-0.25, -0.2) is 9.78 Å². The van der Waals surface area contributed by atoms with Crippen molar-refractivity contribution in [2.45, 2.75) is 19.5 Å². The molecule has 0 saturated heterocycles. The standard InChI is InChI=1S/C18H18ClN5O/c1-13-7-8-16(15(19)9-13)22-18(25)23-17(10-24-12-20-11-21-24)14-5-3-2-4-6-14/h2-9,11-12,17H,10H2,1H3,(H2,22,23,25). The van der Waals surface area contributed by atoms with Crippen LogP contribution in [0.2, 0.25) is 5.02 Å². The van der Waals surface area contributed by atoms with Crippen LogP contribution in [0.3, 0.4) is 0 Å². The van der Waals surface area contributed by atoms with Crippen molar-refractivity contribution in [2.75, 3.05) is 5.32 Å². The predicted molar refractivity (Wildman–Crippen MR) is 97.5 cm³/mol. The maximum Gasteiger partial charge on any atom is 0.319 e. The summed E-state index contributed by atoms with van der Waals surface area (Å²) in [6.07, 6.45) is 3.08. The fourth-order valence-electron chi connectivity index (χ4n) is 2.47. The first-order valence-corrected chi connectivity index (χ1v) is 8.20. The van der Waals surface area contributed by atoms with Gasteiger partial charge < -0.3 is 10.6 Å².